The highest BCUT2D eigenvalue weighted by molar-refractivity contribution is 6.10. The van der Waals surface area contributed by atoms with Crippen molar-refractivity contribution < 1.29 is 18.7 Å². The molecule has 0 N–H and O–H groups in total. The summed E-state index contributed by atoms with van der Waals surface area (Å²) in [6.45, 7) is 6.13. The summed E-state index contributed by atoms with van der Waals surface area (Å²) in [7, 11) is 0. The lowest BCUT2D eigenvalue weighted by Crippen LogP contribution is -2.18. The van der Waals surface area contributed by atoms with E-state index < -0.39 is 0 Å². The summed E-state index contributed by atoms with van der Waals surface area (Å²) in [5.74, 6) is 1.05. The van der Waals surface area contributed by atoms with Gasteiger partial charge < -0.3 is 13.9 Å². The fourth-order valence-electron chi connectivity index (χ4n) is 1.71. The van der Waals surface area contributed by atoms with Crippen molar-refractivity contribution in [1.29, 1.82) is 0 Å². The number of furan rings is 2. The number of esters is 1. The van der Waals surface area contributed by atoms with E-state index in [1.165, 1.54) is 0 Å². The van der Waals surface area contributed by atoms with Crippen molar-refractivity contribution in [3.63, 3.8) is 0 Å². The molecule has 16 heavy (non-hydrogen) atoms. The number of rotatable bonds is 3. The van der Waals surface area contributed by atoms with Crippen molar-refractivity contribution in [2.45, 2.75) is 26.9 Å². The molecule has 0 radical (unpaired) electrons. The van der Waals surface area contributed by atoms with Gasteiger partial charge in [-0.3, -0.25) is 0 Å². The van der Waals surface area contributed by atoms with Gasteiger partial charge in [0.15, 0.2) is 11.2 Å². The van der Waals surface area contributed by atoms with E-state index in [-0.39, 0.29) is 12.1 Å². The van der Waals surface area contributed by atoms with Crippen LogP contribution in [0.2, 0.25) is 0 Å². The van der Waals surface area contributed by atoms with Crippen LogP contribution in [0, 0.1) is 5.92 Å². The topological polar surface area (TPSA) is 48.7 Å². The second-order valence-electron chi connectivity index (χ2n) is 4.47. The van der Waals surface area contributed by atoms with Crippen LogP contribution in [0.3, 0.4) is 0 Å². The van der Waals surface area contributed by atoms with Crippen LogP contribution in [0.5, 0.6) is 11.5 Å². The quantitative estimate of drug-likeness (QED) is 0.746. The Balaban J connectivity index is 1.99. The second-order valence-corrected chi connectivity index (χ2v) is 4.47. The van der Waals surface area contributed by atoms with Crippen LogP contribution < -0.4 is 9.47 Å². The Kier molecular flexibility index (Phi) is 1.73. The SMILES string of the molecule is CC(C)C(C)Oc1c2c3oc1cc3C(=O)O2. The third-order valence-electron chi connectivity index (χ3n) is 3.03. The van der Waals surface area contributed by atoms with Crippen LogP contribution in [-0.2, 0) is 0 Å². The first-order valence-corrected chi connectivity index (χ1v) is 5.35. The molecular weight excluding hydrogens is 208 g/mol. The molecular formula is C12H12O4. The van der Waals surface area contributed by atoms with E-state index in [1.54, 1.807) is 6.07 Å². The molecule has 2 aromatic heterocycles. The molecule has 4 heteroatoms. The number of benzene rings is 1. The van der Waals surface area contributed by atoms with Gasteiger partial charge in [-0.25, -0.2) is 4.79 Å². The lowest BCUT2D eigenvalue weighted by Gasteiger charge is -2.17. The van der Waals surface area contributed by atoms with Crippen LogP contribution >= 0.6 is 0 Å². The molecule has 0 fully saturated rings. The van der Waals surface area contributed by atoms with Gasteiger partial charge in [-0.1, -0.05) is 13.8 Å². The molecule has 1 atom stereocenters. The van der Waals surface area contributed by atoms with Gasteiger partial charge in [0.25, 0.3) is 0 Å². The molecule has 0 amide bonds. The van der Waals surface area contributed by atoms with Crippen molar-refractivity contribution in [2.24, 2.45) is 5.92 Å². The van der Waals surface area contributed by atoms with E-state index in [0.717, 1.165) is 0 Å². The predicted molar refractivity (Wildman–Crippen MR) is 57.3 cm³/mol. The summed E-state index contributed by atoms with van der Waals surface area (Å²) in [5, 5.41) is 0. The molecule has 3 heterocycles. The molecule has 84 valence electrons. The predicted octanol–water partition coefficient (Wildman–Crippen LogP) is 2.83. The minimum Gasteiger partial charge on any atom is -0.483 e. The fraction of sp³-hybridized carbons (Fsp3) is 0.417. The van der Waals surface area contributed by atoms with Crippen molar-refractivity contribution in [3.05, 3.63) is 11.6 Å². The smallest absolute Gasteiger partial charge is 0.347 e. The largest absolute Gasteiger partial charge is 0.483 e. The summed E-state index contributed by atoms with van der Waals surface area (Å²) in [6.07, 6.45) is 0.0507. The minimum absolute atomic E-state index is 0.0507. The van der Waals surface area contributed by atoms with Gasteiger partial charge in [-0.05, 0) is 12.8 Å². The van der Waals surface area contributed by atoms with Gasteiger partial charge in [0.05, 0.1) is 6.10 Å². The summed E-state index contributed by atoms with van der Waals surface area (Å²) in [6, 6.07) is 1.68. The first-order chi connectivity index (χ1) is 7.58. The maximum atomic E-state index is 11.4. The number of hydrogen-bond donors (Lipinski definition) is 0. The van der Waals surface area contributed by atoms with Gasteiger partial charge in [-0.15, -0.1) is 0 Å². The van der Waals surface area contributed by atoms with E-state index in [0.29, 0.717) is 34.1 Å². The molecule has 0 spiro atoms. The van der Waals surface area contributed by atoms with Crippen LogP contribution in [0.25, 0.3) is 11.2 Å². The molecule has 1 aliphatic heterocycles. The zero-order valence-electron chi connectivity index (χ0n) is 9.37. The Labute approximate surface area is 92.5 Å². The lowest BCUT2D eigenvalue weighted by atomic mass is 10.1. The van der Waals surface area contributed by atoms with E-state index in [9.17, 15) is 4.79 Å². The minimum atomic E-state index is -0.351. The molecule has 1 aliphatic rings. The van der Waals surface area contributed by atoms with E-state index in [4.69, 9.17) is 13.9 Å². The number of hydrogen-bond acceptors (Lipinski definition) is 4. The van der Waals surface area contributed by atoms with Crippen molar-refractivity contribution in [2.75, 3.05) is 0 Å². The molecule has 1 unspecified atom stereocenters. The maximum Gasteiger partial charge on any atom is 0.347 e. The maximum absolute atomic E-state index is 11.4. The molecule has 0 saturated heterocycles. The van der Waals surface area contributed by atoms with Gasteiger partial charge in [-0.2, -0.15) is 0 Å². The number of ether oxygens (including phenoxy) is 2. The van der Waals surface area contributed by atoms with E-state index in [1.807, 2.05) is 6.92 Å². The highest BCUT2D eigenvalue weighted by atomic mass is 16.6. The Morgan fingerprint density at radius 1 is 1.31 bits per heavy atom. The van der Waals surface area contributed by atoms with Crippen molar-refractivity contribution in [3.8, 4) is 11.5 Å². The first kappa shape index (κ1) is 9.51. The molecule has 4 nitrogen and oxygen atoms in total. The van der Waals surface area contributed by atoms with Gasteiger partial charge in [0, 0.05) is 6.07 Å². The first-order valence-electron chi connectivity index (χ1n) is 5.35. The Bertz CT molecular complexity index is 552. The standard InChI is InChI=1S/C12H12O4/c1-5(2)6(3)14-10-8-4-7-9(15-8)11(10)16-12(7)13/h4-6H,1-3H3. The molecule has 3 rings (SSSR count). The Morgan fingerprint density at radius 2 is 2.06 bits per heavy atom. The fourth-order valence-corrected chi connectivity index (χ4v) is 1.71. The van der Waals surface area contributed by atoms with Gasteiger partial charge >= 0.3 is 5.97 Å². The van der Waals surface area contributed by atoms with Crippen LogP contribution in [0.1, 0.15) is 31.1 Å². The Hall–Kier alpha value is -1.71. The number of carbonyl (C=O) groups excluding carboxylic acids is 1. The van der Waals surface area contributed by atoms with Crippen molar-refractivity contribution in [1.82, 2.24) is 0 Å². The summed E-state index contributed by atoms with van der Waals surface area (Å²) in [5.41, 5.74) is 1.62. The summed E-state index contributed by atoms with van der Waals surface area (Å²) in [4.78, 5) is 11.4. The van der Waals surface area contributed by atoms with E-state index >= 15 is 0 Å². The summed E-state index contributed by atoms with van der Waals surface area (Å²) >= 11 is 0. The third kappa shape index (κ3) is 1.07. The van der Waals surface area contributed by atoms with Crippen LogP contribution in [-0.4, -0.2) is 12.1 Å². The summed E-state index contributed by atoms with van der Waals surface area (Å²) < 4.78 is 16.3. The highest BCUT2D eigenvalue weighted by Crippen LogP contribution is 2.49. The van der Waals surface area contributed by atoms with Crippen molar-refractivity contribution >= 4 is 17.1 Å². The van der Waals surface area contributed by atoms with Crippen LogP contribution in [0.15, 0.2) is 10.5 Å². The monoisotopic (exact) mass is 220 g/mol. The number of fused-ring (bicyclic) bond motifs is 1. The highest BCUT2D eigenvalue weighted by Gasteiger charge is 2.36. The molecule has 0 aliphatic carbocycles. The lowest BCUT2D eigenvalue weighted by molar-refractivity contribution is 0.0745. The second kappa shape index (κ2) is 2.90. The van der Waals surface area contributed by atoms with Crippen LogP contribution in [0.4, 0.5) is 0 Å². The molecule has 2 bridgehead atoms. The Morgan fingerprint density at radius 3 is 2.75 bits per heavy atom. The van der Waals surface area contributed by atoms with Gasteiger partial charge in [0.2, 0.25) is 11.5 Å². The number of carbonyl (C=O) groups is 1. The average molecular weight is 220 g/mol. The normalized spacial score (nSPS) is 16.1. The van der Waals surface area contributed by atoms with Gasteiger partial charge in [0.1, 0.15) is 5.56 Å². The zero-order valence-corrected chi connectivity index (χ0v) is 9.37. The average Bonchev–Trinajstić information content (AvgIpc) is 2.81. The van der Waals surface area contributed by atoms with E-state index in [2.05, 4.69) is 13.8 Å². The zero-order chi connectivity index (χ0) is 11.4. The molecule has 0 aromatic carbocycles. The molecule has 2 aromatic rings. The molecule has 0 saturated carbocycles. The third-order valence-corrected chi connectivity index (χ3v) is 3.03.